The predicted molar refractivity (Wildman–Crippen MR) is 78.2 cm³/mol. The van der Waals surface area contributed by atoms with E-state index in [0.29, 0.717) is 11.1 Å². The third-order valence-corrected chi connectivity index (χ3v) is 3.02. The van der Waals surface area contributed by atoms with Crippen LogP contribution >= 0.6 is 22.6 Å². The molecule has 0 aliphatic heterocycles. The van der Waals surface area contributed by atoms with Crippen molar-refractivity contribution >= 4 is 40.2 Å². The first-order chi connectivity index (χ1) is 9.11. The molecule has 0 atom stereocenters. The standard InChI is InChI=1S/C11H10IN5O2/c12-7-3-1-2-6(4-7)11(18)15-10-8(5-14-16-10)9(13)17-19/h1-5,19H,(H2,13,17)(H2,14,15,16,18). The Hall–Kier alpha value is -2.10. The van der Waals surface area contributed by atoms with E-state index in [1.165, 1.54) is 6.20 Å². The summed E-state index contributed by atoms with van der Waals surface area (Å²) in [6.45, 7) is 0. The number of amides is 1. The number of amidine groups is 1. The summed E-state index contributed by atoms with van der Waals surface area (Å²) < 4.78 is 0.950. The molecule has 1 heterocycles. The summed E-state index contributed by atoms with van der Waals surface area (Å²) in [5, 5.41) is 20.4. The van der Waals surface area contributed by atoms with E-state index in [2.05, 4.69) is 43.3 Å². The summed E-state index contributed by atoms with van der Waals surface area (Å²) in [5.41, 5.74) is 6.29. The van der Waals surface area contributed by atoms with Crippen LogP contribution in [-0.4, -0.2) is 27.1 Å². The number of nitrogens with zero attached hydrogens (tertiary/aromatic N) is 2. The molecule has 0 unspecified atom stereocenters. The highest BCUT2D eigenvalue weighted by Crippen LogP contribution is 2.13. The van der Waals surface area contributed by atoms with Gasteiger partial charge in [-0.15, -0.1) is 0 Å². The molecule has 0 saturated heterocycles. The summed E-state index contributed by atoms with van der Waals surface area (Å²) in [4.78, 5) is 12.0. The molecule has 0 radical (unpaired) electrons. The van der Waals surface area contributed by atoms with Crippen LogP contribution in [0.2, 0.25) is 0 Å². The lowest BCUT2D eigenvalue weighted by molar-refractivity contribution is 0.102. The van der Waals surface area contributed by atoms with Crippen LogP contribution in [0.15, 0.2) is 35.6 Å². The Morgan fingerprint density at radius 1 is 1.53 bits per heavy atom. The Morgan fingerprint density at radius 3 is 3.00 bits per heavy atom. The molecule has 7 nitrogen and oxygen atoms in total. The number of halogens is 1. The van der Waals surface area contributed by atoms with Crippen molar-refractivity contribution < 1.29 is 10.0 Å². The van der Waals surface area contributed by atoms with Gasteiger partial charge in [-0.05, 0) is 40.8 Å². The van der Waals surface area contributed by atoms with E-state index in [4.69, 9.17) is 10.9 Å². The number of carbonyl (C=O) groups excluding carboxylic acids is 1. The number of carbonyl (C=O) groups is 1. The van der Waals surface area contributed by atoms with Crippen molar-refractivity contribution in [3.05, 3.63) is 45.2 Å². The third kappa shape index (κ3) is 3.02. The molecule has 0 spiro atoms. The molecule has 2 aromatic rings. The molecule has 0 fully saturated rings. The summed E-state index contributed by atoms with van der Waals surface area (Å²) in [6, 6.07) is 7.11. The van der Waals surface area contributed by atoms with E-state index in [0.717, 1.165) is 3.57 Å². The van der Waals surface area contributed by atoms with Gasteiger partial charge in [-0.2, -0.15) is 5.10 Å². The zero-order valence-corrected chi connectivity index (χ0v) is 11.7. The Bertz CT molecular complexity index is 638. The SMILES string of the molecule is NC(=NO)c1cn[nH]c1NC(=O)c1cccc(I)c1. The van der Waals surface area contributed by atoms with Crippen molar-refractivity contribution in [3.8, 4) is 0 Å². The molecule has 19 heavy (non-hydrogen) atoms. The second-order valence-electron chi connectivity index (χ2n) is 3.61. The number of H-pyrrole nitrogens is 1. The van der Waals surface area contributed by atoms with Crippen LogP contribution in [0.5, 0.6) is 0 Å². The van der Waals surface area contributed by atoms with Gasteiger partial charge in [-0.1, -0.05) is 11.2 Å². The molecule has 0 aliphatic rings. The van der Waals surface area contributed by atoms with Crippen LogP contribution in [0, 0.1) is 3.57 Å². The van der Waals surface area contributed by atoms with E-state index in [1.54, 1.807) is 18.2 Å². The van der Waals surface area contributed by atoms with E-state index >= 15 is 0 Å². The summed E-state index contributed by atoms with van der Waals surface area (Å²) in [7, 11) is 0. The molecule has 0 bridgehead atoms. The molecule has 5 N–H and O–H groups in total. The van der Waals surface area contributed by atoms with Crippen LogP contribution in [0.25, 0.3) is 0 Å². The number of nitrogens with two attached hydrogens (primary N) is 1. The van der Waals surface area contributed by atoms with Crippen molar-refractivity contribution in [1.82, 2.24) is 10.2 Å². The second-order valence-corrected chi connectivity index (χ2v) is 4.85. The Morgan fingerprint density at radius 2 is 2.32 bits per heavy atom. The van der Waals surface area contributed by atoms with Gasteiger partial charge in [0.2, 0.25) is 0 Å². The maximum Gasteiger partial charge on any atom is 0.256 e. The quantitative estimate of drug-likeness (QED) is 0.214. The van der Waals surface area contributed by atoms with E-state index in [9.17, 15) is 4.79 Å². The minimum Gasteiger partial charge on any atom is -0.409 e. The lowest BCUT2D eigenvalue weighted by atomic mass is 10.2. The first kappa shape index (κ1) is 13.3. The first-order valence-corrected chi connectivity index (χ1v) is 6.28. The number of oxime groups is 1. The molecule has 0 aliphatic carbocycles. The third-order valence-electron chi connectivity index (χ3n) is 2.35. The topological polar surface area (TPSA) is 116 Å². The summed E-state index contributed by atoms with van der Waals surface area (Å²) in [6.07, 6.45) is 1.36. The molecular weight excluding hydrogens is 361 g/mol. The van der Waals surface area contributed by atoms with Gasteiger partial charge in [0.15, 0.2) is 5.84 Å². The number of benzene rings is 1. The van der Waals surface area contributed by atoms with Gasteiger partial charge < -0.3 is 16.3 Å². The zero-order chi connectivity index (χ0) is 13.8. The van der Waals surface area contributed by atoms with Gasteiger partial charge in [0.1, 0.15) is 5.82 Å². The minimum absolute atomic E-state index is 0.133. The average Bonchev–Trinajstić information content (AvgIpc) is 2.86. The maximum atomic E-state index is 12.0. The van der Waals surface area contributed by atoms with Crippen molar-refractivity contribution in [3.63, 3.8) is 0 Å². The highest BCUT2D eigenvalue weighted by atomic mass is 127. The van der Waals surface area contributed by atoms with Gasteiger partial charge in [0, 0.05) is 9.13 Å². The Kier molecular flexibility index (Phi) is 4.00. The van der Waals surface area contributed by atoms with Crippen LogP contribution < -0.4 is 11.1 Å². The van der Waals surface area contributed by atoms with Gasteiger partial charge in [0.25, 0.3) is 5.91 Å². The normalized spacial score (nSPS) is 11.3. The van der Waals surface area contributed by atoms with Crippen LogP contribution in [0.1, 0.15) is 15.9 Å². The molecule has 8 heteroatoms. The van der Waals surface area contributed by atoms with E-state index < -0.39 is 0 Å². The highest BCUT2D eigenvalue weighted by molar-refractivity contribution is 14.1. The number of anilines is 1. The lowest BCUT2D eigenvalue weighted by Gasteiger charge is -2.05. The predicted octanol–water partition coefficient (Wildman–Crippen LogP) is 1.36. The number of aromatic nitrogens is 2. The fraction of sp³-hybridized carbons (Fsp3) is 0. The second kappa shape index (κ2) is 5.69. The molecular formula is C11H10IN5O2. The molecule has 2 rings (SSSR count). The van der Waals surface area contributed by atoms with Crippen LogP contribution in [-0.2, 0) is 0 Å². The zero-order valence-electron chi connectivity index (χ0n) is 9.59. The van der Waals surface area contributed by atoms with Gasteiger partial charge in [-0.3, -0.25) is 9.89 Å². The largest absolute Gasteiger partial charge is 0.409 e. The minimum atomic E-state index is -0.310. The number of aromatic amines is 1. The van der Waals surface area contributed by atoms with Crippen molar-refractivity contribution in [1.29, 1.82) is 0 Å². The van der Waals surface area contributed by atoms with Crippen LogP contribution in [0.3, 0.4) is 0 Å². The van der Waals surface area contributed by atoms with Crippen molar-refractivity contribution in [2.75, 3.05) is 5.32 Å². The molecule has 1 aromatic carbocycles. The van der Waals surface area contributed by atoms with Gasteiger partial charge in [-0.25, -0.2) is 0 Å². The first-order valence-electron chi connectivity index (χ1n) is 5.20. The number of hydrogen-bond acceptors (Lipinski definition) is 4. The van der Waals surface area contributed by atoms with Crippen LogP contribution in [0.4, 0.5) is 5.82 Å². The number of nitrogens with one attached hydrogen (secondary N) is 2. The van der Waals surface area contributed by atoms with Gasteiger partial charge in [0.05, 0.1) is 11.8 Å². The average molecular weight is 371 g/mol. The fourth-order valence-electron chi connectivity index (χ4n) is 1.44. The molecule has 98 valence electrons. The lowest BCUT2D eigenvalue weighted by Crippen LogP contribution is -2.18. The van der Waals surface area contributed by atoms with Crippen molar-refractivity contribution in [2.24, 2.45) is 10.9 Å². The monoisotopic (exact) mass is 371 g/mol. The fourth-order valence-corrected chi connectivity index (χ4v) is 1.99. The Labute approximate surface area is 122 Å². The summed E-state index contributed by atoms with van der Waals surface area (Å²) >= 11 is 2.12. The Balaban J connectivity index is 2.23. The maximum absolute atomic E-state index is 12.0. The van der Waals surface area contributed by atoms with Crippen molar-refractivity contribution in [2.45, 2.75) is 0 Å². The molecule has 1 aromatic heterocycles. The summed E-state index contributed by atoms with van der Waals surface area (Å²) in [5.74, 6) is -0.166. The molecule has 1 amide bonds. The van der Waals surface area contributed by atoms with E-state index in [-0.39, 0.29) is 17.6 Å². The smallest absolute Gasteiger partial charge is 0.256 e. The number of rotatable bonds is 3. The number of hydrogen-bond donors (Lipinski definition) is 4. The molecule has 0 saturated carbocycles. The highest BCUT2D eigenvalue weighted by Gasteiger charge is 2.13. The van der Waals surface area contributed by atoms with Gasteiger partial charge >= 0.3 is 0 Å². The van der Waals surface area contributed by atoms with E-state index in [1.807, 2.05) is 6.07 Å².